The van der Waals surface area contributed by atoms with Crippen molar-refractivity contribution in [2.24, 2.45) is 0 Å². The Bertz CT molecular complexity index is 1640. The maximum absolute atomic E-state index is 16.2. The SMILES string of the molecule is CC[C@@H]1C[C@H](OCc2ccccc2)[C@@H](OCc2ccccc2)[C@H](c2cc(Cc3cc4ccccc4s3)c(OC)c(F)c2C)O1. The van der Waals surface area contributed by atoms with Crippen LogP contribution in [-0.2, 0) is 33.8 Å². The molecular formula is C38H39FO4S. The first-order chi connectivity index (χ1) is 21.5. The van der Waals surface area contributed by atoms with Gasteiger partial charge >= 0.3 is 0 Å². The lowest BCUT2D eigenvalue weighted by molar-refractivity contribution is -0.211. The molecule has 44 heavy (non-hydrogen) atoms. The highest BCUT2D eigenvalue weighted by molar-refractivity contribution is 7.19. The number of hydrogen-bond acceptors (Lipinski definition) is 5. The average molecular weight is 611 g/mol. The number of thiophene rings is 1. The molecule has 0 radical (unpaired) electrons. The normalized spacial score (nSPS) is 20.2. The largest absolute Gasteiger partial charge is 0.493 e. The van der Waals surface area contributed by atoms with Crippen LogP contribution < -0.4 is 4.74 Å². The summed E-state index contributed by atoms with van der Waals surface area (Å²) in [4.78, 5) is 1.15. The zero-order chi connectivity index (χ0) is 30.5. The highest BCUT2D eigenvalue weighted by Crippen LogP contribution is 2.42. The van der Waals surface area contributed by atoms with E-state index < -0.39 is 12.2 Å². The maximum Gasteiger partial charge on any atom is 0.168 e. The van der Waals surface area contributed by atoms with Gasteiger partial charge in [-0.1, -0.05) is 85.8 Å². The van der Waals surface area contributed by atoms with Crippen LogP contribution in [0.1, 0.15) is 58.6 Å². The molecule has 0 amide bonds. The molecule has 1 aliphatic heterocycles. The minimum atomic E-state index is -0.514. The van der Waals surface area contributed by atoms with Crippen LogP contribution >= 0.6 is 11.3 Å². The van der Waals surface area contributed by atoms with Crippen molar-refractivity contribution < 1.29 is 23.3 Å². The molecule has 0 saturated carbocycles. The number of halogens is 1. The first-order valence-electron chi connectivity index (χ1n) is 15.3. The molecule has 0 spiro atoms. The zero-order valence-corrected chi connectivity index (χ0v) is 26.3. The van der Waals surface area contributed by atoms with Gasteiger partial charge < -0.3 is 18.9 Å². The van der Waals surface area contributed by atoms with E-state index >= 15 is 4.39 Å². The molecule has 0 aliphatic carbocycles. The van der Waals surface area contributed by atoms with Gasteiger partial charge in [-0.15, -0.1) is 11.3 Å². The fraction of sp³-hybridized carbons (Fsp3) is 0.316. The van der Waals surface area contributed by atoms with E-state index in [1.807, 2.05) is 55.5 Å². The second kappa shape index (κ2) is 14.0. The minimum absolute atomic E-state index is 0.0482. The van der Waals surface area contributed by atoms with Crippen LogP contribution in [-0.4, -0.2) is 25.4 Å². The van der Waals surface area contributed by atoms with E-state index in [1.54, 1.807) is 11.3 Å². The van der Waals surface area contributed by atoms with E-state index in [4.69, 9.17) is 18.9 Å². The van der Waals surface area contributed by atoms with Gasteiger partial charge in [0.15, 0.2) is 11.6 Å². The lowest BCUT2D eigenvalue weighted by Gasteiger charge is -2.42. The first kappa shape index (κ1) is 30.5. The van der Waals surface area contributed by atoms with Gasteiger partial charge in [-0.2, -0.15) is 0 Å². The molecule has 4 aromatic carbocycles. The highest BCUT2D eigenvalue weighted by atomic mass is 32.1. The first-order valence-corrected chi connectivity index (χ1v) is 16.2. The summed E-state index contributed by atoms with van der Waals surface area (Å²) in [6, 6.07) is 32.8. The van der Waals surface area contributed by atoms with E-state index in [-0.39, 0.29) is 23.8 Å². The van der Waals surface area contributed by atoms with Gasteiger partial charge in [0.1, 0.15) is 12.2 Å². The Morgan fingerprint density at radius 3 is 2.18 bits per heavy atom. The topological polar surface area (TPSA) is 36.9 Å². The number of methoxy groups -OCH3 is 1. The number of fused-ring (bicyclic) bond motifs is 1. The zero-order valence-electron chi connectivity index (χ0n) is 25.5. The third kappa shape index (κ3) is 6.74. The third-order valence-electron chi connectivity index (χ3n) is 8.48. The second-order valence-electron chi connectivity index (χ2n) is 11.4. The Kier molecular flexibility index (Phi) is 9.72. The molecule has 228 valence electrons. The van der Waals surface area contributed by atoms with Crippen LogP contribution in [0.25, 0.3) is 10.1 Å². The summed E-state index contributed by atoms with van der Waals surface area (Å²) in [6.45, 7) is 4.80. The molecule has 1 aromatic heterocycles. The summed E-state index contributed by atoms with van der Waals surface area (Å²) in [7, 11) is 1.54. The lowest BCUT2D eigenvalue weighted by atomic mass is 9.88. The summed E-state index contributed by atoms with van der Waals surface area (Å²) in [5.41, 5.74) is 4.25. The van der Waals surface area contributed by atoms with Gasteiger partial charge in [0.2, 0.25) is 0 Å². The van der Waals surface area contributed by atoms with Gasteiger partial charge in [0, 0.05) is 28.0 Å². The molecule has 0 unspecified atom stereocenters. The van der Waals surface area contributed by atoms with Crippen molar-refractivity contribution in [3.63, 3.8) is 0 Å². The van der Waals surface area contributed by atoms with Crippen LogP contribution in [0.15, 0.2) is 97.1 Å². The quantitative estimate of drug-likeness (QED) is 0.149. The van der Waals surface area contributed by atoms with Crippen LogP contribution in [0.4, 0.5) is 4.39 Å². The third-order valence-corrected chi connectivity index (χ3v) is 9.60. The Hall–Kier alpha value is -3.55. The second-order valence-corrected chi connectivity index (χ2v) is 12.6. The molecule has 0 bridgehead atoms. The highest BCUT2D eigenvalue weighted by Gasteiger charge is 2.42. The van der Waals surface area contributed by atoms with Crippen molar-refractivity contribution in [2.75, 3.05) is 7.11 Å². The van der Waals surface area contributed by atoms with Crippen LogP contribution in [0.2, 0.25) is 0 Å². The Labute approximate surface area is 263 Å². The minimum Gasteiger partial charge on any atom is -0.493 e. The Balaban J connectivity index is 1.37. The van der Waals surface area contributed by atoms with Gasteiger partial charge in [0.05, 0.1) is 32.5 Å². The molecule has 4 atom stereocenters. The Morgan fingerprint density at radius 2 is 1.52 bits per heavy atom. The molecule has 6 rings (SSSR count). The van der Waals surface area contributed by atoms with Crippen LogP contribution in [0, 0.1) is 12.7 Å². The molecular weight excluding hydrogens is 571 g/mol. The van der Waals surface area contributed by atoms with E-state index in [1.165, 1.54) is 17.2 Å². The van der Waals surface area contributed by atoms with Crippen molar-refractivity contribution in [1.82, 2.24) is 0 Å². The Morgan fingerprint density at radius 1 is 0.864 bits per heavy atom. The number of ether oxygens (including phenoxy) is 4. The van der Waals surface area contributed by atoms with Crippen LogP contribution in [0.3, 0.4) is 0 Å². The predicted molar refractivity (Wildman–Crippen MR) is 175 cm³/mol. The van der Waals surface area contributed by atoms with Crippen molar-refractivity contribution in [3.05, 3.63) is 136 Å². The summed E-state index contributed by atoms with van der Waals surface area (Å²) in [6.07, 6.45) is 0.835. The van der Waals surface area contributed by atoms with E-state index in [2.05, 4.69) is 55.5 Å². The number of benzene rings is 4. The fourth-order valence-corrected chi connectivity index (χ4v) is 7.19. The maximum atomic E-state index is 16.2. The molecule has 0 N–H and O–H groups in total. The van der Waals surface area contributed by atoms with Crippen molar-refractivity contribution in [3.8, 4) is 5.75 Å². The summed E-state index contributed by atoms with van der Waals surface area (Å²) in [5.74, 6) is -0.0721. The molecule has 5 aromatic rings. The van der Waals surface area contributed by atoms with E-state index in [0.717, 1.165) is 33.6 Å². The van der Waals surface area contributed by atoms with E-state index in [9.17, 15) is 0 Å². The van der Waals surface area contributed by atoms with Gasteiger partial charge in [0.25, 0.3) is 0 Å². The van der Waals surface area contributed by atoms with Crippen molar-refractivity contribution in [2.45, 2.75) is 70.7 Å². The van der Waals surface area contributed by atoms with Crippen LogP contribution in [0.5, 0.6) is 5.75 Å². The summed E-state index contributed by atoms with van der Waals surface area (Å²) < 4.78 is 43.1. The van der Waals surface area contributed by atoms with Gasteiger partial charge in [-0.05, 0) is 59.2 Å². The molecule has 1 saturated heterocycles. The summed E-state index contributed by atoms with van der Waals surface area (Å²) in [5, 5.41) is 1.19. The standard InChI is InChI=1S/C38H39FO4S/c1-4-30-22-33(41-23-26-13-7-5-8-14-26)38(42-24-27-15-9-6-10-16-27)37(43-30)32-21-29(36(40-3)35(39)25(32)2)20-31-19-28-17-11-12-18-34(28)44-31/h5-19,21,30,33,37-38H,4,20,22-24H2,1-3H3/t30-,33+,37+,38-/m1/s1. The molecule has 6 heteroatoms. The van der Waals surface area contributed by atoms with E-state index in [0.29, 0.717) is 31.6 Å². The number of rotatable bonds is 11. The molecule has 1 aliphatic rings. The van der Waals surface area contributed by atoms with Gasteiger partial charge in [-0.3, -0.25) is 0 Å². The summed E-state index contributed by atoms with van der Waals surface area (Å²) >= 11 is 1.72. The lowest BCUT2D eigenvalue weighted by Crippen LogP contribution is -2.46. The average Bonchev–Trinajstić information content (AvgIpc) is 3.48. The monoisotopic (exact) mass is 610 g/mol. The smallest absolute Gasteiger partial charge is 0.168 e. The molecule has 2 heterocycles. The fourth-order valence-electron chi connectivity index (χ4n) is 6.10. The predicted octanol–water partition coefficient (Wildman–Crippen LogP) is 9.36. The molecule has 4 nitrogen and oxygen atoms in total. The van der Waals surface area contributed by atoms with Crippen molar-refractivity contribution in [1.29, 1.82) is 0 Å². The van der Waals surface area contributed by atoms with Crippen molar-refractivity contribution >= 4 is 21.4 Å². The van der Waals surface area contributed by atoms with Gasteiger partial charge in [-0.25, -0.2) is 4.39 Å². The number of hydrogen-bond donors (Lipinski definition) is 0. The molecule has 1 fully saturated rings.